The normalized spacial score (nSPS) is 17.6. The molecule has 2 N–H and O–H groups in total. The van der Waals surface area contributed by atoms with Crippen LogP contribution in [0.25, 0.3) is 11.3 Å². The summed E-state index contributed by atoms with van der Waals surface area (Å²) in [6.45, 7) is 4.43. The van der Waals surface area contributed by atoms with E-state index in [4.69, 9.17) is 15.2 Å². The number of amides is 1. The number of hydrogen-bond acceptors (Lipinski definition) is 7. The molecule has 31 heavy (non-hydrogen) atoms. The number of nitrogens with zero attached hydrogens (tertiary/aromatic N) is 4. The van der Waals surface area contributed by atoms with Crippen LogP contribution in [0, 0.1) is 0 Å². The maximum absolute atomic E-state index is 13.4. The van der Waals surface area contributed by atoms with Crippen molar-refractivity contribution in [1.82, 2.24) is 9.97 Å². The first kappa shape index (κ1) is 21.3. The molecule has 2 fully saturated rings. The van der Waals surface area contributed by atoms with E-state index >= 15 is 0 Å². The number of carbonyl (C=O) groups excluding carboxylic acids is 1. The molecule has 4 rings (SSSR count). The second kappa shape index (κ2) is 8.67. The van der Waals surface area contributed by atoms with Crippen molar-refractivity contribution in [3.63, 3.8) is 0 Å². The number of morpholine rings is 2. The van der Waals surface area contributed by atoms with Crippen LogP contribution >= 0.6 is 0 Å². The average molecular weight is 437 g/mol. The molecule has 0 bridgehead atoms. The lowest BCUT2D eigenvalue weighted by molar-refractivity contribution is -0.137. The van der Waals surface area contributed by atoms with Crippen LogP contribution < -0.4 is 15.5 Å². The highest BCUT2D eigenvalue weighted by Crippen LogP contribution is 2.34. The molecule has 8 nitrogen and oxygen atoms in total. The number of halogens is 3. The van der Waals surface area contributed by atoms with Gasteiger partial charge in [0.05, 0.1) is 37.7 Å². The van der Waals surface area contributed by atoms with Gasteiger partial charge in [-0.25, -0.2) is 4.98 Å². The van der Waals surface area contributed by atoms with Crippen LogP contribution in [0.3, 0.4) is 0 Å². The number of primary amides is 1. The van der Waals surface area contributed by atoms with Crippen LogP contribution in [0.2, 0.25) is 0 Å². The fourth-order valence-electron chi connectivity index (χ4n) is 3.51. The van der Waals surface area contributed by atoms with E-state index in [2.05, 4.69) is 9.97 Å². The van der Waals surface area contributed by atoms with Gasteiger partial charge in [0.15, 0.2) is 0 Å². The molecule has 11 heteroatoms. The Labute approximate surface area is 176 Å². The highest BCUT2D eigenvalue weighted by Gasteiger charge is 2.32. The van der Waals surface area contributed by atoms with E-state index in [-0.39, 0.29) is 16.8 Å². The summed E-state index contributed by atoms with van der Waals surface area (Å²) in [5, 5.41) is 0. The highest BCUT2D eigenvalue weighted by molar-refractivity contribution is 5.94. The molecule has 0 atom stereocenters. The third-order valence-corrected chi connectivity index (χ3v) is 5.17. The lowest BCUT2D eigenvalue weighted by atomic mass is 10.0. The van der Waals surface area contributed by atoms with E-state index in [9.17, 15) is 18.0 Å². The van der Waals surface area contributed by atoms with E-state index in [0.717, 1.165) is 12.1 Å². The molecule has 2 saturated heterocycles. The molecule has 0 radical (unpaired) electrons. The average Bonchev–Trinajstić information content (AvgIpc) is 2.79. The minimum absolute atomic E-state index is 0.148. The molecule has 2 aromatic rings. The first-order chi connectivity index (χ1) is 14.8. The second-order valence-electron chi connectivity index (χ2n) is 7.27. The Morgan fingerprint density at radius 2 is 1.52 bits per heavy atom. The van der Waals surface area contributed by atoms with Crippen molar-refractivity contribution in [3.05, 3.63) is 35.4 Å². The summed E-state index contributed by atoms with van der Waals surface area (Å²) >= 11 is 0. The number of rotatable bonds is 4. The highest BCUT2D eigenvalue weighted by atomic mass is 19.4. The maximum atomic E-state index is 13.4. The monoisotopic (exact) mass is 437 g/mol. The van der Waals surface area contributed by atoms with E-state index < -0.39 is 17.6 Å². The molecule has 3 heterocycles. The van der Waals surface area contributed by atoms with Gasteiger partial charge in [-0.05, 0) is 18.2 Å². The number of aromatic nitrogens is 2. The number of hydrogen-bond donors (Lipinski definition) is 1. The fourth-order valence-corrected chi connectivity index (χ4v) is 3.51. The van der Waals surface area contributed by atoms with Crippen molar-refractivity contribution in [2.45, 2.75) is 6.18 Å². The topological polar surface area (TPSA) is 93.8 Å². The molecule has 1 amide bonds. The summed E-state index contributed by atoms with van der Waals surface area (Å²) in [7, 11) is 0. The molecule has 166 valence electrons. The van der Waals surface area contributed by atoms with Crippen LogP contribution in [0.15, 0.2) is 24.3 Å². The number of nitrogens with two attached hydrogens (primary N) is 1. The summed E-state index contributed by atoms with van der Waals surface area (Å²) in [4.78, 5) is 24.8. The van der Waals surface area contributed by atoms with Gasteiger partial charge in [-0.15, -0.1) is 0 Å². The third kappa shape index (κ3) is 4.88. The number of alkyl halides is 3. The first-order valence-electron chi connectivity index (χ1n) is 9.88. The number of carbonyl (C=O) groups is 1. The van der Waals surface area contributed by atoms with Gasteiger partial charge in [0.1, 0.15) is 5.82 Å². The van der Waals surface area contributed by atoms with Crippen LogP contribution in [0.5, 0.6) is 0 Å². The summed E-state index contributed by atoms with van der Waals surface area (Å²) in [6.07, 6.45) is -4.63. The van der Waals surface area contributed by atoms with Crippen LogP contribution in [-0.2, 0) is 15.7 Å². The van der Waals surface area contributed by atoms with Crippen LogP contribution in [0.4, 0.5) is 24.9 Å². The Morgan fingerprint density at radius 3 is 2.10 bits per heavy atom. The molecule has 1 aromatic carbocycles. The van der Waals surface area contributed by atoms with Crippen molar-refractivity contribution >= 4 is 17.7 Å². The standard InChI is InChI=1S/C20H22F3N5O3/c21-20(22,23)15-10-13(9-14(11-15)18(24)29)16-12-17(27-1-5-30-6-2-27)26-19(25-16)28-3-7-31-8-4-28/h9-12H,1-8H2,(H2,24,29). The van der Waals surface area contributed by atoms with Crippen molar-refractivity contribution in [1.29, 1.82) is 0 Å². The lowest BCUT2D eigenvalue weighted by Crippen LogP contribution is -2.39. The van der Waals surface area contributed by atoms with Crippen molar-refractivity contribution in [3.8, 4) is 11.3 Å². The zero-order valence-corrected chi connectivity index (χ0v) is 16.7. The number of benzene rings is 1. The minimum atomic E-state index is -4.63. The Kier molecular flexibility index (Phi) is 5.96. The Hall–Kier alpha value is -2.92. The molecule has 0 saturated carbocycles. The molecule has 0 spiro atoms. The Balaban J connectivity index is 1.82. The maximum Gasteiger partial charge on any atom is 0.416 e. The SMILES string of the molecule is NC(=O)c1cc(-c2cc(N3CCOCC3)nc(N3CCOCC3)n2)cc(C(F)(F)F)c1. The number of anilines is 2. The van der Waals surface area contributed by atoms with Gasteiger partial charge in [0, 0.05) is 43.4 Å². The third-order valence-electron chi connectivity index (χ3n) is 5.17. The van der Waals surface area contributed by atoms with E-state index in [1.54, 1.807) is 6.07 Å². The number of ether oxygens (including phenoxy) is 2. The molecule has 1 aromatic heterocycles. The Bertz CT molecular complexity index is 921. The fraction of sp³-hybridized carbons (Fsp3) is 0.450. The van der Waals surface area contributed by atoms with Gasteiger partial charge in [0.2, 0.25) is 11.9 Å². The van der Waals surface area contributed by atoms with Gasteiger partial charge < -0.3 is 25.0 Å². The summed E-state index contributed by atoms with van der Waals surface area (Å²) in [5.74, 6) is 0.0522. The molecule has 2 aliphatic rings. The predicted octanol–water partition coefficient (Wildman–Crippen LogP) is 1.93. The largest absolute Gasteiger partial charge is 0.416 e. The zero-order valence-electron chi connectivity index (χ0n) is 16.7. The smallest absolute Gasteiger partial charge is 0.378 e. The Morgan fingerprint density at radius 1 is 0.903 bits per heavy atom. The van der Waals surface area contributed by atoms with Crippen LogP contribution in [-0.4, -0.2) is 68.5 Å². The van der Waals surface area contributed by atoms with Gasteiger partial charge in [-0.1, -0.05) is 0 Å². The predicted molar refractivity (Wildman–Crippen MR) is 107 cm³/mol. The molecule has 0 aliphatic carbocycles. The van der Waals surface area contributed by atoms with Gasteiger partial charge in [0.25, 0.3) is 0 Å². The summed E-state index contributed by atoms with van der Waals surface area (Å²) in [5.41, 5.74) is 4.52. The molecule has 2 aliphatic heterocycles. The van der Waals surface area contributed by atoms with Gasteiger partial charge in [-0.3, -0.25) is 4.79 Å². The van der Waals surface area contributed by atoms with Gasteiger partial charge in [-0.2, -0.15) is 18.2 Å². The van der Waals surface area contributed by atoms with Crippen molar-refractivity contribution in [2.75, 3.05) is 62.4 Å². The van der Waals surface area contributed by atoms with Crippen LogP contribution in [0.1, 0.15) is 15.9 Å². The lowest BCUT2D eigenvalue weighted by Gasteiger charge is -2.31. The van der Waals surface area contributed by atoms with E-state index in [1.807, 2.05) is 9.80 Å². The van der Waals surface area contributed by atoms with Crippen molar-refractivity contribution < 1.29 is 27.4 Å². The van der Waals surface area contributed by atoms with E-state index in [0.29, 0.717) is 64.4 Å². The first-order valence-corrected chi connectivity index (χ1v) is 9.88. The van der Waals surface area contributed by atoms with Crippen molar-refractivity contribution in [2.24, 2.45) is 5.73 Å². The minimum Gasteiger partial charge on any atom is -0.378 e. The summed E-state index contributed by atoms with van der Waals surface area (Å²) < 4.78 is 51.1. The van der Waals surface area contributed by atoms with E-state index in [1.165, 1.54) is 6.07 Å². The molecular formula is C20H22F3N5O3. The quantitative estimate of drug-likeness (QED) is 0.781. The molecular weight excluding hydrogens is 415 g/mol. The second-order valence-corrected chi connectivity index (χ2v) is 7.27. The van der Waals surface area contributed by atoms with Gasteiger partial charge >= 0.3 is 6.18 Å². The molecule has 0 unspecified atom stereocenters. The summed E-state index contributed by atoms with van der Waals surface area (Å²) in [6, 6.07) is 4.68. The zero-order chi connectivity index (χ0) is 22.0.